The molecule has 4 rings (SSSR count). The van der Waals surface area contributed by atoms with E-state index in [1.54, 1.807) is 12.1 Å². The standard InChI is InChI=1S/C31H32ClN3O9/c1-15-8-16(2)10-17(9-15)44-23-11-18-20(33-30(38)22(14-25(36)41-5)35(3)31(18)39)13-21(23)34-29(37)19-12-24(40-4)27(42-6)28(43-7)26(19)32/h8-13,22H,14H2,1-7H3,(H,33,38)(H,34,37)/t22-/m0/s1. The summed E-state index contributed by atoms with van der Waals surface area (Å²) in [5, 5.41) is 5.42. The van der Waals surface area contributed by atoms with Gasteiger partial charge < -0.3 is 39.2 Å². The molecule has 3 aromatic rings. The maximum atomic E-state index is 13.7. The van der Waals surface area contributed by atoms with Gasteiger partial charge in [0.25, 0.3) is 11.8 Å². The van der Waals surface area contributed by atoms with Crippen LogP contribution in [0.4, 0.5) is 11.4 Å². The largest absolute Gasteiger partial charge is 0.493 e. The Kier molecular flexibility index (Phi) is 9.53. The summed E-state index contributed by atoms with van der Waals surface area (Å²) in [6.45, 7) is 3.81. The van der Waals surface area contributed by atoms with Gasteiger partial charge in [-0.15, -0.1) is 0 Å². The predicted octanol–water partition coefficient (Wildman–Crippen LogP) is 4.98. The van der Waals surface area contributed by atoms with Gasteiger partial charge in [-0.2, -0.15) is 0 Å². The van der Waals surface area contributed by atoms with Gasteiger partial charge in [0, 0.05) is 7.05 Å². The second kappa shape index (κ2) is 13.1. The van der Waals surface area contributed by atoms with E-state index in [0.29, 0.717) is 5.75 Å². The molecule has 232 valence electrons. The van der Waals surface area contributed by atoms with E-state index >= 15 is 0 Å². The first-order chi connectivity index (χ1) is 20.9. The maximum Gasteiger partial charge on any atom is 0.308 e. The maximum absolute atomic E-state index is 13.7. The van der Waals surface area contributed by atoms with Crippen molar-refractivity contribution in [2.45, 2.75) is 26.3 Å². The topological polar surface area (TPSA) is 142 Å². The third-order valence-electron chi connectivity index (χ3n) is 6.97. The Morgan fingerprint density at radius 3 is 2.16 bits per heavy atom. The van der Waals surface area contributed by atoms with Crippen molar-refractivity contribution in [3.63, 3.8) is 0 Å². The molecule has 0 saturated heterocycles. The van der Waals surface area contributed by atoms with E-state index in [2.05, 4.69) is 10.6 Å². The average Bonchev–Trinajstić information content (AvgIpc) is 3.06. The fourth-order valence-corrected chi connectivity index (χ4v) is 5.13. The van der Waals surface area contributed by atoms with Crippen LogP contribution in [0.25, 0.3) is 0 Å². The first-order valence-corrected chi connectivity index (χ1v) is 13.7. The molecule has 12 nitrogen and oxygen atoms in total. The summed E-state index contributed by atoms with van der Waals surface area (Å²) in [4.78, 5) is 53.6. The molecule has 13 heteroatoms. The Hall–Kier alpha value is -4.97. The number of methoxy groups -OCH3 is 4. The van der Waals surface area contributed by atoms with Crippen LogP contribution in [-0.2, 0) is 14.3 Å². The average molecular weight is 626 g/mol. The molecule has 3 amide bonds. The monoisotopic (exact) mass is 625 g/mol. The second-order valence-electron chi connectivity index (χ2n) is 9.98. The summed E-state index contributed by atoms with van der Waals surface area (Å²) in [6, 6.07) is 8.63. The molecule has 1 atom stereocenters. The normalized spacial score (nSPS) is 14.2. The third kappa shape index (κ3) is 6.35. The number of hydrogen-bond donors (Lipinski definition) is 2. The Labute approximate surface area is 259 Å². The number of likely N-dealkylation sites (N-methyl/N-ethyl adjacent to an activating group) is 1. The van der Waals surface area contributed by atoms with E-state index in [0.717, 1.165) is 16.0 Å². The van der Waals surface area contributed by atoms with Crippen LogP contribution in [0.15, 0.2) is 36.4 Å². The number of carbonyl (C=O) groups excluding carboxylic acids is 4. The van der Waals surface area contributed by atoms with Crippen molar-refractivity contribution < 1.29 is 42.9 Å². The number of nitrogens with zero attached hydrogens (tertiary/aromatic N) is 1. The first-order valence-electron chi connectivity index (χ1n) is 13.3. The molecule has 2 N–H and O–H groups in total. The molecule has 1 aliphatic heterocycles. The highest BCUT2D eigenvalue weighted by molar-refractivity contribution is 6.36. The van der Waals surface area contributed by atoms with Gasteiger partial charge in [-0.25, -0.2) is 0 Å². The number of aryl methyl sites for hydroxylation is 2. The Morgan fingerprint density at radius 1 is 0.909 bits per heavy atom. The van der Waals surface area contributed by atoms with Crippen LogP contribution < -0.4 is 29.6 Å². The summed E-state index contributed by atoms with van der Waals surface area (Å²) < 4.78 is 27.0. The van der Waals surface area contributed by atoms with E-state index in [1.807, 2.05) is 19.9 Å². The summed E-state index contributed by atoms with van der Waals surface area (Å²) in [7, 11) is 6.79. The zero-order valence-electron chi connectivity index (χ0n) is 25.2. The Bertz CT molecular complexity index is 1640. The van der Waals surface area contributed by atoms with E-state index in [9.17, 15) is 19.2 Å². The van der Waals surface area contributed by atoms with Crippen molar-refractivity contribution in [2.24, 2.45) is 0 Å². The molecular weight excluding hydrogens is 594 g/mol. The minimum atomic E-state index is -1.14. The quantitative estimate of drug-likeness (QED) is 0.315. The van der Waals surface area contributed by atoms with Gasteiger partial charge in [-0.3, -0.25) is 19.2 Å². The molecule has 0 spiro atoms. The lowest BCUT2D eigenvalue weighted by Gasteiger charge is -2.23. The number of halogens is 1. The molecule has 0 radical (unpaired) electrons. The van der Waals surface area contributed by atoms with E-state index in [1.165, 1.54) is 53.7 Å². The van der Waals surface area contributed by atoms with Crippen LogP contribution >= 0.6 is 11.6 Å². The van der Waals surface area contributed by atoms with Crippen molar-refractivity contribution >= 4 is 46.7 Å². The number of rotatable bonds is 9. The van der Waals surface area contributed by atoms with Crippen LogP contribution in [0.5, 0.6) is 28.7 Å². The number of carbonyl (C=O) groups is 4. The van der Waals surface area contributed by atoms with Crippen molar-refractivity contribution in [2.75, 3.05) is 46.1 Å². The van der Waals surface area contributed by atoms with Gasteiger partial charge in [-0.1, -0.05) is 17.7 Å². The van der Waals surface area contributed by atoms with Gasteiger partial charge in [0.2, 0.25) is 11.7 Å². The lowest BCUT2D eigenvalue weighted by molar-refractivity contribution is -0.143. The second-order valence-corrected chi connectivity index (χ2v) is 10.4. The lowest BCUT2D eigenvalue weighted by atomic mass is 10.1. The van der Waals surface area contributed by atoms with Gasteiger partial charge in [0.15, 0.2) is 17.2 Å². The van der Waals surface area contributed by atoms with Gasteiger partial charge in [-0.05, 0) is 55.3 Å². The molecule has 1 heterocycles. The molecular formula is C31H32ClN3O9. The van der Waals surface area contributed by atoms with Crippen molar-refractivity contribution in [1.82, 2.24) is 4.90 Å². The number of hydrogen-bond acceptors (Lipinski definition) is 9. The van der Waals surface area contributed by atoms with Crippen LogP contribution in [0.1, 0.15) is 38.3 Å². The Balaban J connectivity index is 1.84. The van der Waals surface area contributed by atoms with Crippen molar-refractivity contribution in [1.29, 1.82) is 0 Å². The molecule has 0 unspecified atom stereocenters. The number of benzene rings is 3. The highest BCUT2D eigenvalue weighted by atomic mass is 35.5. The predicted molar refractivity (Wildman–Crippen MR) is 163 cm³/mol. The molecule has 3 aromatic carbocycles. The number of fused-ring (bicyclic) bond motifs is 1. The Morgan fingerprint density at radius 2 is 1.57 bits per heavy atom. The van der Waals surface area contributed by atoms with Crippen LogP contribution in [0, 0.1) is 13.8 Å². The fraction of sp³-hybridized carbons (Fsp3) is 0.290. The number of anilines is 2. The zero-order valence-corrected chi connectivity index (χ0v) is 26.0. The highest BCUT2D eigenvalue weighted by Gasteiger charge is 2.36. The van der Waals surface area contributed by atoms with E-state index in [-0.39, 0.29) is 56.9 Å². The van der Waals surface area contributed by atoms with E-state index < -0.39 is 29.7 Å². The molecule has 0 bridgehead atoms. The van der Waals surface area contributed by atoms with Crippen molar-refractivity contribution in [3.05, 3.63) is 63.7 Å². The zero-order chi connectivity index (χ0) is 32.3. The summed E-state index contributed by atoms with van der Waals surface area (Å²) in [5.74, 6) is -1.46. The van der Waals surface area contributed by atoms with Crippen molar-refractivity contribution in [3.8, 4) is 28.7 Å². The highest BCUT2D eigenvalue weighted by Crippen LogP contribution is 2.45. The molecule has 0 fully saturated rings. The molecule has 0 aromatic heterocycles. The number of amides is 3. The summed E-state index contributed by atoms with van der Waals surface area (Å²) in [6.07, 6.45) is -0.353. The number of nitrogens with one attached hydrogen (secondary N) is 2. The van der Waals surface area contributed by atoms with E-state index in [4.69, 9.17) is 35.3 Å². The van der Waals surface area contributed by atoms with Crippen LogP contribution in [-0.4, -0.2) is 70.1 Å². The van der Waals surface area contributed by atoms with Gasteiger partial charge in [0.1, 0.15) is 11.8 Å². The first kappa shape index (κ1) is 32.0. The van der Waals surface area contributed by atoms with Crippen LogP contribution in [0.2, 0.25) is 5.02 Å². The van der Waals surface area contributed by atoms with Gasteiger partial charge >= 0.3 is 5.97 Å². The molecule has 0 saturated carbocycles. The smallest absolute Gasteiger partial charge is 0.308 e. The fourth-order valence-electron chi connectivity index (χ4n) is 4.83. The number of esters is 1. The third-order valence-corrected chi connectivity index (χ3v) is 7.35. The number of ether oxygens (including phenoxy) is 5. The minimum absolute atomic E-state index is 0.00792. The van der Waals surface area contributed by atoms with Crippen LogP contribution in [0.3, 0.4) is 0 Å². The minimum Gasteiger partial charge on any atom is -0.493 e. The van der Waals surface area contributed by atoms with Gasteiger partial charge in [0.05, 0.1) is 62.4 Å². The molecule has 1 aliphatic rings. The lowest BCUT2D eigenvalue weighted by Crippen LogP contribution is -2.44. The SMILES string of the molecule is COC(=O)C[C@H]1C(=O)Nc2cc(NC(=O)c3cc(OC)c(OC)c(OC)c3Cl)c(Oc3cc(C)cc(C)c3)cc2C(=O)N1C. The molecule has 0 aliphatic carbocycles. The summed E-state index contributed by atoms with van der Waals surface area (Å²) in [5.41, 5.74) is 2.14. The molecule has 44 heavy (non-hydrogen) atoms. The summed E-state index contributed by atoms with van der Waals surface area (Å²) >= 11 is 6.55.